The summed E-state index contributed by atoms with van der Waals surface area (Å²) < 4.78 is 39.1. The average molecular weight is 349 g/mol. The van der Waals surface area contributed by atoms with E-state index in [9.17, 15) is 13.2 Å². The van der Waals surface area contributed by atoms with Gasteiger partial charge in [0.15, 0.2) is 0 Å². The highest BCUT2D eigenvalue weighted by Crippen LogP contribution is 2.37. The number of alkyl halides is 3. The molecule has 0 saturated carbocycles. The molecule has 6 heteroatoms. The Bertz CT molecular complexity index is 499. The van der Waals surface area contributed by atoms with Gasteiger partial charge in [-0.1, -0.05) is 37.8 Å². The number of benzene rings is 1. The van der Waals surface area contributed by atoms with Crippen molar-refractivity contribution in [1.29, 1.82) is 0 Å². The molecule has 1 atom stereocenters. The maximum absolute atomic E-state index is 13.0. The number of hydrogen-bond donors (Lipinski definition) is 1. The monoisotopic (exact) mass is 348 g/mol. The van der Waals surface area contributed by atoms with Crippen LogP contribution in [0.5, 0.6) is 0 Å². The third-order valence-electron chi connectivity index (χ3n) is 4.36. The van der Waals surface area contributed by atoms with E-state index >= 15 is 0 Å². The van der Waals surface area contributed by atoms with Crippen molar-refractivity contribution in [3.63, 3.8) is 0 Å². The summed E-state index contributed by atoms with van der Waals surface area (Å²) in [5, 5.41) is 3.71. The fourth-order valence-electron chi connectivity index (χ4n) is 3.09. The second kappa shape index (κ2) is 8.36. The molecule has 0 unspecified atom stereocenters. The van der Waals surface area contributed by atoms with E-state index in [-0.39, 0.29) is 6.04 Å². The largest absolute Gasteiger partial charge is 0.416 e. The number of unbranched alkanes of at least 4 members (excludes halogenated alkanes) is 2. The molecule has 1 aromatic rings. The van der Waals surface area contributed by atoms with Crippen molar-refractivity contribution in [2.45, 2.75) is 44.8 Å². The summed E-state index contributed by atoms with van der Waals surface area (Å²) in [6.45, 7) is 5.52. The molecular weight excluding hydrogens is 325 g/mol. The molecule has 2 rings (SSSR count). The van der Waals surface area contributed by atoms with Gasteiger partial charge in [0, 0.05) is 37.2 Å². The molecule has 0 amide bonds. The van der Waals surface area contributed by atoms with Crippen molar-refractivity contribution >= 4 is 11.6 Å². The lowest BCUT2D eigenvalue weighted by atomic mass is 9.96. The first-order valence-electron chi connectivity index (χ1n) is 8.25. The summed E-state index contributed by atoms with van der Waals surface area (Å²) in [5.74, 6) is 0. The highest BCUT2D eigenvalue weighted by atomic mass is 35.5. The predicted molar refractivity (Wildman–Crippen MR) is 87.8 cm³/mol. The SMILES string of the molecule is CCCCC[C@H](c1cc(C(F)(F)F)ccc1Cl)N1CCNCC1. The molecule has 130 valence electrons. The molecule has 1 N–H and O–H groups in total. The summed E-state index contributed by atoms with van der Waals surface area (Å²) in [7, 11) is 0. The van der Waals surface area contributed by atoms with Crippen LogP contribution in [0.25, 0.3) is 0 Å². The van der Waals surface area contributed by atoms with E-state index in [0.29, 0.717) is 10.6 Å². The van der Waals surface area contributed by atoms with Crippen LogP contribution in [0.15, 0.2) is 18.2 Å². The molecule has 1 saturated heterocycles. The number of rotatable bonds is 6. The summed E-state index contributed by atoms with van der Waals surface area (Å²) >= 11 is 6.26. The first-order valence-corrected chi connectivity index (χ1v) is 8.62. The van der Waals surface area contributed by atoms with Crippen molar-refractivity contribution in [2.75, 3.05) is 26.2 Å². The molecule has 1 aliphatic heterocycles. The number of nitrogens with zero attached hydrogens (tertiary/aromatic N) is 1. The molecule has 0 aliphatic carbocycles. The third kappa shape index (κ3) is 5.10. The molecule has 0 aromatic heterocycles. The van der Waals surface area contributed by atoms with Crippen molar-refractivity contribution in [2.24, 2.45) is 0 Å². The minimum atomic E-state index is -4.34. The van der Waals surface area contributed by atoms with Gasteiger partial charge in [0.2, 0.25) is 0 Å². The van der Waals surface area contributed by atoms with Gasteiger partial charge in [-0.25, -0.2) is 0 Å². The van der Waals surface area contributed by atoms with Gasteiger partial charge in [0.1, 0.15) is 0 Å². The highest BCUT2D eigenvalue weighted by molar-refractivity contribution is 6.31. The Hall–Kier alpha value is -0.780. The molecule has 1 heterocycles. The Labute approximate surface area is 141 Å². The van der Waals surface area contributed by atoms with Crippen LogP contribution in [-0.2, 0) is 6.18 Å². The molecule has 23 heavy (non-hydrogen) atoms. The highest BCUT2D eigenvalue weighted by Gasteiger charge is 2.32. The van der Waals surface area contributed by atoms with Gasteiger partial charge in [-0.05, 0) is 30.2 Å². The molecule has 1 aromatic carbocycles. The maximum Gasteiger partial charge on any atom is 0.416 e. The van der Waals surface area contributed by atoms with Crippen molar-refractivity contribution < 1.29 is 13.2 Å². The van der Waals surface area contributed by atoms with Crippen LogP contribution < -0.4 is 5.32 Å². The van der Waals surface area contributed by atoms with E-state index in [1.807, 2.05) is 0 Å². The van der Waals surface area contributed by atoms with E-state index in [4.69, 9.17) is 11.6 Å². The minimum absolute atomic E-state index is 0.0431. The van der Waals surface area contributed by atoms with E-state index in [2.05, 4.69) is 17.1 Å². The normalized spacial score (nSPS) is 18.1. The van der Waals surface area contributed by atoms with Crippen LogP contribution >= 0.6 is 11.6 Å². The van der Waals surface area contributed by atoms with Gasteiger partial charge in [-0.15, -0.1) is 0 Å². The lowest BCUT2D eigenvalue weighted by Crippen LogP contribution is -2.45. The van der Waals surface area contributed by atoms with Gasteiger partial charge in [-0.2, -0.15) is 13.2 Å². The zero-order valence-corrected chi connectivity index (χ0v) is 14.2. The minimum Gasteiger partial charge on any atom is -0.314 e. The fraction of sp³-hybridized carbons (Fsp3) is 0.647. The van der Waals surface area contributed by atoms with Crippen LogP contribution in [0, 0.1) is 0 Å². The summed E-state index contributed by atoms with van der Waals surface area (Å²) in [6, 6.07) is 3.64. The van der Waals surface area contributed by atoms with Crippen molar-refractivity contribution in [3.05, 3.63) is 34.3 Å². The zero-order valence-electron chi connectivity index (χ0n) is 13.4. The van der Waals surface area contributed by atoms with Gasteiger partial charge < -0.3 is 5.32 Å². The summed E-state index contributed by atoms with van der Waals surface area (Å²) in [4.78, 5) is 2.26. The number of piperazine rings is 1. The van der Waals surface area contributed by atoms with Gasteiger partial charge in [0.25, 0.3) is 0 Å². The lowest BCUT2D eigenvalue weighted by Gasteiger charge is -2.36. The second-order valence-corrected chi connectivity index (χ2v) is 6.44. The molecule has 0 radical (unpaired) electrons. The quantitative estimate of drug-likeness (QED) is 0.737. The Morgan fingerprint density at radius 2 is 1.91 bits per heavy atom. The molecule has 0 spiro atoms. The Morgan fingerprint density at radius 3 is 2.52 bits per heavy atom. The fourth-order valence-corrected chi connectivity index (χ4v) is 3.34. The number of hydrogen-bond acceptors (Lipinski definition) is 2. The molecular formula is C17H24ClF3N2. The molecule has 1 aliphatic rings. The molecule has 0 bridgehead atoms. The number of nitrogens with one attached hydrogen (secondary N) is 1. The second-order valence-electron chi connectivity index (χ2n) is 6.03. The van der Waals surface area contributed by atoms with E-state index in [1.54, 1.807) is 0 Å². The van der Waals surface area contributed by atoms with E-state index < -0.39 is 11.7 Å². The lowest BCUT2D eigenvalue weighted by molar-refractivity contribution is -0.137. The van der Waals surface area contributed by atoms with Crippen molar-refractivity contribution in [3.8, 4) is 0 Å². The summed E-state index contributed by atoms with van der Waals surface area (Å²) in [6.07, 6.45) is -0.326. The maximum atomic E-state index is 13.0. The van der Waals surface area contributed by atoms with Crippen LogP contribution in [0.2, 0.25) is 5.02 Å². The van der Waals surface area contributed by atoms with E-state index in [1.165, 1.54) is 12.1 Å². The van der Waals surface area contributed by atoms with Crippen LogP contribution in [0.3, 0.4) is 0 Å². The Kier molecular flexibility index (Phi) is 6.74. The zero-order chi connectivity index (χ0) is 16.9. The van der Waals surface area contributed by atoms with Crippen LogP contribution in [-0.4, -0.2) is 31.1 Å². The van der Waals surface area contributed by atoms with Gasteiger partial charge in [-0.3, -0.25) is 4.90 Å². The van der Waals surface area contributed by atoms with Crippen molar-refractivity contribution in [1.82, 2.24) is 10.2 Å². The van der Waals surface area contributed by atoms with Gasteiger partial charge in [0.05, 0.1) is 5.56 Å². The topological polar surface area (TPSA) is 15.3 Å². The van der Waals surface area contributed by atoms with Crippen LogP contribution in [0.1, 0.15) is 49.8 Å². The number of halogens is 4. The molecule has 1 fully saturated rings. The standard InChI is InChI=1S/C17H24ClF3N2/c1-2-3-4-5-16(23-10-8-22-9-11-23)14-12-13(17(19,20)21)6-7-15(14)18/h6-7,12,16,22H,2-5,8-11H2,1H3/t16-/m1/s1. The molecule has 2 nitrogen and oxygen atoms in total. The van der Waals surface area contributed by atoms with E-state index in [0.717, 1.165) is 57.9 Å². The summed E-state index contributed by atoms with van der Waals surface area (Å²) in [5.41, 5.74) is -0.00739. The third-order valence-corrected chi connectivity index (χ3v) is 4.70. The Balaban J connectivity index is 2.29. The first-order chi connectivity index (χ1) is 10.9. The van der Waals surface area contributed by atoms with Crippen LogP contribution in [0.4, 0.5) is 13.2 Å². The first kappa shape index (κ1) is 18.6. The average Bonchev–Trinajstić information content (AvgIpc) is 2.52. The predicted octanol–water partition coefficient (Wildman–Crippen LogP) is 4.89. The van der Waals surface area contributed by atoms with Gasteiger partial charge >= 0.3 is 6.18 Å². The Morgan fingerprint density at radius 1 is 1.22 bits per heavy atom. The smallest absolute Gasteiger partial charge is 0.314 e.